The summed E-state index contributed by atoms with van der Waals surface area (Å²) in [5.41, 5.74) is 5.34. The van der Waals surface area contributed by atoms with E-state index in [2.05, 4.69) is 20.3 Å². The minimum absolute atomic E-state index is 0.0338. The lowest BCUT2D eigenvalue weighted by atomic mass is 9.85. The standard InChI is InChI=1S/C34H34F3N5O5/c1-7-17-13(2)19-12-24-26(31(44)34(35,36)37)15(4)21(39-24)10-20-14(3)18(8-9-25(43)47-6)29(40-20)28-30-27(32(45)42-33(28)46)16(5)22(41-30)11-23(17)38-19/h10-12,14,18,31,40-41,44H,7-9H2,1-6H3,(H,42,45,46)/t14-,18-,31?/m0/s1. The highest BCUT2D eigenvalue weighted by Gasteiger charge is 2.44. The summed E-state index contributed by atoms with van der Waals surface area (Å²) in [6, 6.07) is 4.83. The Kier molecular flexibility index (Phi) is 7.86. The van der Waals surface area contributed by atoms with Crippen LogP contribution in [0.2, 0.25) is 0 Å². The molecule has 6 heterocycles. The number of allylic oxidation sites excluding steroid dienone is 3. The first-order valence-corrected chi connectivity index (χ1v) is 15.3. The van der Waals surface area contributed by atoms with Crippen molar-refractivity contribution >= 4 is 51.1 Å². The molecule has 2 aromatic rings. The fourth-order valence-corrected chi connectivity index (χ4v) is 6.95. The molecule has 47 heavy (non-hydrogen) atoms. The van der Waals surface area contributed by atoms with Gasteiger partial charge < -0.3 is 19.8 Å². The number of hydrogen-bond acceptors (Lipinski definition) is 7. The summed E-state index contributed by atoms with van der Waals surface area (Å²) in [5, 5.41) is 13.0. The van der Waals surface area contributed by atoms with Crippen LogP contribution in [0.5, 0.6) is 0 Å². The van der Waals surface area contributed by atoms with Gasteiger partial charge in [-0.05, 0) is 74.1 Å². The number of rotatable bonds is 5. The van der Waals surface area contributed by atoms with Gasteiger partial charge in [-0.25, -0.2) is 9.97 Å². The van der Waals surface area contributed by atoms with E-state index in [4.69, 9.17) is 9.72 Å². The van der Waals surface area contributed by atoms with Gasteiger partial charge in [0.05, 0.1) is 46.5 Å². The Labute approximate surface area is 267 Å². The molecule has 0 aliphatic carbocycles. The van der Waals surface area contributed by atoms with Gasteiger partial charge in [0.1, 0.15) is 0 Å². The van der Waals surface area contributed by atoms with Crippen LogP contribution >= 0.6 is 0 Å². The summed E-state index contributed by atoms with van der Waals surface area (Å²) in [6.45, 7) is 8.86. The molecule has 0 aromatic carbocycles. The predicted octanol–water partition coefficient (Wildman–Crippen LogP) is 6.26. The highest BCUT2D eigenvalue weighted by Crippen LogP contribution is 2.45. The van der Waals surface area contributed by atoms with Crippen molar-refractivity contribution < 1.29 is 37.4 Å². The molecule has 8 bridgehead atoms. The van der Waals surface area contributed by atoms with Gasteiger partial charge in [0, 0.05) is 40.7 Å². The average Bonchev–Trinajstić information content (AvgIpc) is 3.68. The van der Waals surface area contributed by atoms with E-state index in [-0.39, 0.29) is 46.9 Å². The number of methoxy groups -OCH3 is 1. The number of aromatic amines is 2. The number of fused-ring (bicyclic) bond motifs is 8. The van der Waals surface area contributed by atoms with E-state index in [1.807, 2.05) is 20.8 Å². The molecule has 0 saturated heterocycles. The second-order valence-corrected chi connectivity index (χ2v) is 12.2. The quantitative estimate of drug-likeness (QED) is 0.220. The SMILES string of the molecule is CCC1=C(C)c2cc3nc(cc4[nH]c(c5c6[nH]c(cc1n2)c(C)c6C(=O)NC5=O)[C@@H](CCC(=O)OC)[C@@H]4C)C(C)=C3C(O)C(F)(F)F. The van der Waals surface area contributed by atoms with E-state index in [0.29, 0.717) is 51.4 Å². The molecule has 2 aromatic heterocycles. The zero-order valence-electron chi connectivity index (χ0n) is 26.7. The molecule has 4 N–H and O–H groups in total. The molecule has 0 fully saturated rings. The number of carbonyl (C=O) groups excluding carboxylic acids is 3. The van der Waals surface area contributed by atoms with Crippen molar-refractivity contribution in [3.8, 4) is 0 Å². The van der Waals surface area contributed by atoms with Gasteiger partial charge in [0.25, 0.3) is 11.8 Å². The molecule has 10 nitrogen and oxygen atoms in total. The van der Waals surface area contributed by atoms with Gasteiger partial charge in [-0.3, -0.25) is 19.7 Å². The molecule has 0 saturated carbocycles. The topological polar surface area (TPSA) is 150 Å². The minimum Gasteiger partial charge on any atom is -0.469 e. The lowest BCUT2D eigenvalue weighted by molar-refractivity contribution is -0.184. The smallest absolute Gasteiger partial charge is 0.418 e. The Balaban J connectivity index is 1.77. The van der Waals surface area contributed by atoms with E-state index < -0.39 is 36.0 Å². The van der Waals surface area contributed by atoms with Crippen molar-refractivity contribution in [2.24, 2.45) is 0 Å². The molecule has 0 spiro atoms. The molecule has 0 radical (unpaired) electrons. The summed E-state index contributed by atoms with van der Waals surface area (Å²) < 4.78 is 46.8. The predicted molar refractivity (Wildman–Crippen MR) is 169 cm³/mol. The Morgan fingerprint density at radius 3 is 2.30 bits per heavy atom. The van der Waals surface area contributed by atoms with E-state index >= 15 is 0 Å². The second kappa shape index (κ2) is 11.5. The van der Waals surface area contributed by atoms with E-state index in [9.17, 15) is 32.7 Å². The van der Waals surface area contributed by atoms with Crippen LogP contribution in [0.25, 0.3) is 33.3 Å². The number of aliphatic hydroxyl groups excluding tert-OH is 1. The molecule has 6 rings (SSSR count). The average molecular weight is 650 g/mol. The van der Waals surface area contributed by atoms with Crippen LogP contribution < -0.4 is 5.32 Å². The van der Waals surface area contributed by atoms with Crippen LogP contribution in [0, 0.1) is 6.92 Å². The van der Waals surface area contributed by atoms with Gasteiger partial charge in [-0.15, -0.1) is 0 Å². The zero-order valence-corrected chi connectivity index (χ0v) is 26.7. The van der Waals surface area contributed by atoms with E-state index in [0.717, 1.165) is 11.1 Å². The van der Waals surface area contributed by atoms with Gasteiger partial charge in [-0.2, -0.15) is 13.2 Å². The van der Waals surface area contributed by atoms with Crippen LogP contribution in [0.4, 0.5) is 13.2 Å². The Bertz CT molecular complexity index is 2020. The van der Waals surface area contributed by atoms with Crippen LogP contribution in [0.1, 0.15) is 119 Å². The number of carbonyl (C=O) groups is 3. The number of alkyl halides is 3. The van der Waals surface area contributed by atoms with Crippen molar-refractivity contribution in [2.45, 2.75) is 78.0 Å². The molecular formula is C34H34F3N5O5. The number of nitrogens with one attached hydrogen (secondary N) is 3. The first kappa shape index (κ1) is 32.2. The number of H-pyrrole nitrogens is 2. The highest BCUT2D eigenvalue weighted by atomic mass is 19.4. The number of aliphatic hydroxyl groups is 1. The van der Waals surface area contributed by atoms with E-state index in [1.165, 1.54) is 20.1 Å². The number of nitrogens with zero attached hydrogens (tertiary/aromatic N) is 2. The van der Waals surface area contributed by atoms with Gasteiger partial charge in [0.15, 0.2) is 6.10 Å². The van der Waals surface area contributed by atoms with Gasteiger partial charge in [0.2, 0.25) is 0 Å². The molecule has 4 aliphatic heterocycles. The Morgan fingerprint density at radius 1 is 0.979 bits per heavy atom. The maximum Gasteiger partial charge on any atom is 0.418 e. The van der Waals surface area contributed by atoms with Crippen LogP contribution in [0.15, 0.2) is 18.2 Å². The monoisotopic (exact) mass is 649 g/mol. The number of ether oxygens (including phenoxy) is 1. The zero-order chi connectivity index (χ0) is 34.1. The molecule has 3 atom stereocenters. The van der Waals surface area contributed by atoms with E-state index in [1.54, 1.807) is 19.1 Å². The van der Waals surface area contributed by atoms with Crippen molar-refractivity contribution in [1.29, 1.82) is 0 Å². The molecule has 246 valence electrons. The Morgan fingerprint density at radius 2 is 1.64 bits per heavy atom. The number of esters is 1. The third-order valence-corrected chi connectivity index (χ3v) is 9.60. The summed E-state index contributed by atoms with van der Waals surface area (Å²) >= 11 is 0. The molecular weight excluding hydrogens is 615 g/mol. The summed E-state index contributed by atoms with van der Waals surface area (Å²) in [5.74, 6) is -2.43. The minimum atomic E-state index is -4.95. The number of hydrogen-bond donors (Lipinski definition) is 4. The van der Waals surface area contributed by atoms with Crippen molar-refractivity contribution in [3.63, 3.8) is 0 Å². The van der Waals surface area contributed by atoms with Crippen LogP contribution in [-0.4, -0.2) is 62.2 Å². The maximum atomic E-state index is 14.0. The largest absolute Gasteiger partial charge is 0.469 e. The summed E-state index contributed by atoms with van der Waals surface area (Å²) in [4.78, 5) is 54.9. The highest BCUT2D eigenvalue weighted by molar-refractivity contribution is 6.23. The number of aromatic nitrogens is 4. The van der Waals surface area contributed by atoms with Gasteiger partial charge >= 0.3 is 12.1 Å². The number of halogens is 3. The fourth-order valence-electron chi connectivity index (χ4n) is 6.95. The second-order valence-electron chi connectivity index (χ2n) is 12.2. The molecule has 1 unspecified atom stereocenters. The van der Waals surface area contributed by atoms with Crippen molar-refractivity contribution in [3.05, 3.63) is 69.1 Å². The Hall–Kier alpha value is -4.78. The normalized spacial score (nSPS) is 19.2. The van der Waals surface area contributed by atoms with Crippen molar-refractivity contribution in [2.75, 3.05) is 7.11 Å². The molecule has 13 heteroatoms. The molecule has 2 amide bonds. The fraction of sp³-hybridized carbons (Fsp3) is 0.382. The number of aryl methyl sites for hydroxylation is 1. The first-order valence-electron chi connectivity index (χ1n) is 15.3. The van der Waals surface area contributed by atoms with Crippen LogP contribution in [0.3, 0.4) is 0 Å². The number of amides is 2. The molecule has 4 aliphatic rings. The third-order valence-electron chi connectivity index (χ3n) is 9.60. The maximum absolute atomic E-state index is 14.0. The third kappa shape index (κ3) is 5.22. The van der Waals surface area contributed by atoms with Crippen molar-refractivity contribution in [1.82, 2.24) is 25.3 Å². The van der Waals surface area contributed by atoms with Crippen LogP contribution in [-0.2, 0) is 9.53 Å². The summed E-state index contributed by atoms with van der Waals surface area (Å²) in [6.07, 6.45) is -6.88. The summed E-state index contributed by atoms with van der Waals surface area (Å²) in [7, 11) is 1.28. The first-order chi connectivity index (χ1) is 22.2. The van der Waals surface area contributed by atoms with Gasteiger partial charge in [-0.1, -0.05) is 13.8 Å². The lowest BCUT2D eigenvalue weighted by Gasteiger charge is -2.20. The number of imide groups is 1. The lowest BCUT2D eigenvalue weighted by Crippen LogP contribution is -2.35.